The molecule has 0 aromatic carbocycles. The van der Waals surface area contributed by atoms with E-state index in [0.29, 0.717) is 10.9 Å². The Morgan fingerprint density at radius 2 is 1.93 bits per heavy atom. The summed E-state index contributed by atoms with van der Waals surface area (Å²) < 4.78 is 22.6. The van der Waals surface area contributed by atoms with Gasteiger partial charge in [-0.2, -0.15) is 0 Å². The second kappa shape index (κ2) is 3.98. The van der Waals surface area contributed by atoms with E-state index >= 15 is 0 Å². The summed E-state index contributed by atoms with van der Waals surface area (Å²) in [5.41, 5.74) is 1.05. The van der Waals surface area contributed by atoms with E-state index in [2.05, 4.69) is 10.3 Å². The van der Waals surface area contributed by atoms with Crippen molar-refractivity contribution >= 4 is 9.84 Å². The second-order valence-corrected chi connectivity index (χ2v) is 6.06. The number of aromatic amines is 1. The number of hydrogen-bond acceptors (Lipinski definition) is 3. The predicted octanol–water partition coefficient (Wildman–Crippen LogP) is 0.885. The normalized spacial score (nSPS) is 19.3. The molecule has 2 rings (SSSR count). The maximum absolute atomic E-state index is 11.3. The van der Waals surface area contributed by atoms with Gasteiger partial charge in [0.2, 0.25) is 0 Å². The molecule has 1 aliphatic rings. The monoisotopic (exact) mass is 228 g/mol. The summed E-state index contributed by atoms with van der Waals surface area (Å²) in [6.45, 7) is 2.02. The SMILES string of the molecule is CS(=O)(=O)c1ccc(C2CCNCC2)[nH]1. The van der Waals surface area contributed by atoms with E-state index in [4.69, 9.17) is 0 Å². The van der Waals surface area contributed by atoms with Crippen LogP contribution in [0.5, 0.6) is 0 Å². The highest BCUT2D eigenvalue weighted by Gasteiger charge is 2.18. The van der Waals surface area contributed by atoms with Gasteiger partial charge in [-0.25, -0.2) is 8.42 Å². The molecule has 0 spiro atoms. The summed E-state index contributed by atoms with van der Waals surface area (Å²) in [4.78, 5) is 3.01. The molecule has 2 heterocycles. The Bertz CT molecular complexity index is 430. The van der Waals surface area contributed by atoms with Crippen molar-refractivity contribution in [3.8, 4) is 0 Å². The molecule has 0 amide bonds. The molecule has 0 unspecified atom stereocenters. The highest BCUT2D eigenvalue weighted by atomic mass is 32.2. The Balaban J connectivity index is 2.19. The van der Waals surface area contributed by atoms with Gasteiger partial charge in [-0.15, -0.1) is 0 Å². The third-order valence-corrected chi connectivity index (χ3v) is 3.90. The maximum Gasteiger partial charge on any atom is 0.190 e. The van der Waals surface area contributed by atoms with Crippen LogP contribution in [0, 0.1) is 0 Å². The second-order valence-electron chi connectivity index (χ2n) is 4.07. The number of nitrogens with one attached hydrogen (secondary N) is 2. The van der Waals surface area contributed by atoms with Crippen molar-refractivity contribution in [1.29, 1.82) is 0 Å². The molecule has 0 saturated carbocycles. The Kier molecular flexibility index (Phi) is 2.84. The number of sulfone groups is 1. The van der Waals surface area contributed by atoms with Gasteiger partial charge in [0.05, 0.1) is 0 Å². The summed E-state index contributed by atoms with van der Waals surface area (Å²) in [6.07, 6.45) is 3.37. The van der Waals surface area contributed by atoms with Crippen LogP contribution in [0.15, 0.2) is 17.2 Å². The standard InChI is InChI=1S/C10H16N2O2S/c1-15(13,14)10-3-2-9(12-10)8-4-6-11-7-5-8/h2-3,8,11-12H,4-7H2,1H3. The van der Waals surface area contributed by atoms with E-state index in [-0.39, 0.29) is 0 Å². The van der Waals surface area contributed by atoms with Gasteiger partial charge in [-0.05, 0) is 38.1 Å². The molecule has 0 aliphatic carbocycles. The minimum Gasteiger partial charge on any atom is -0.349 e. The van der Waals surface area contributed by atoms with E-state index in [1.54, 1.807) is 6.07 Å². The third-order valence-electron chi connectivity index (χ3n) is 2.86. The van der Waals surface area contributed by atoms with E-state index in [9.17, 15) is 8.42 Å². The molecule has 1 saturated heterocycles. The Hall–Kier alpha value is -0.810. The summed E-state index contributed by atoms with van der Waals surface area (Å²) in [6, 6.07) is 3.55. The maximum atomic E-state index is 11.3. The van der Waals surface area contributed by atoms with Gasteiger partial charge in [0.15, 0.2) is 9.84 Å². The number of aromatic nitrogens is 1. The fourth-order valence-electron chi connectivity index (χ4n) is 1.98. The van der Waals surface area contributed by atoms with Gasteiger partial charge < -0.3 is 10.3 Å². The van der Waals surface area contributed by atoms with Crippen molar-refractivity contribution in [2.45, 2.75) is 23.8 Å². The lowest BCUT2D eigenvalue weighted by molar-refractivity contribution is 0.453. The number of piperidine rings is 1. The smallest absolute Gasteiger partial charge is 0.190 e. The zero-order chi connectivity index (χ0) is 10.9. The van der Waals surface area contributed by atoms with Crippen molar-refractivity contribution in [3.05, 3.63) is 17.8 Å². The summed E-state index contributed by atoms with van der Waals surface area (Å²) in [5, 5.41) is 3.62. The van der Waals surface area contributed by atoms with Gasteiger partial charge in [0, 0.05) is 17.9 Å². The Labute approximate surface area is 90.0 Å². The minimum absolute atomic E-state index is 0.330. The van der Waals surface area contributed by atoms with Crippen LogP contribution >= 0.6 is 0 Å². The largest absolute Gasteiger partial charge is 0.349 e. The van der Waals surface area contributed by atoms with Crippen LogP contribution in [0.3, 0.4) is 0 Å². The molecule has 2 N–H and O–H groups in total. The first-order chi connectivity index (χ1) is 7.07. The Morgan fingerprint density at radius 1 is 1.27 bits per heavy atom. The zero-order valence-electron chi connectivity index (χ0n) is 8.79. The molecule has 1 aromatic heterocycles. The number of rotatable bonds is 2. The first-order valence-electron chi connectivity index (χ1n) is 5.17. The predicted molar refractivity (Wildman–Crippen MR) is 58.7 cm³/mol. The van der Waals surface area contributed by atoms with Crippen LogP contribution in [-0.2, 0) is 9.84 Å². The lowest BCUT2D eigenvalue weighted by Crippen LogP contribution is -2.26. The first kappa shape index (κ1) is 10.7. The van der Waals surface area contributed by atoms with Gasteiger partial charge in [0.1, 0.15) is 5.03 Å². The van der Waals surface area contributed by atoms with Crippen molar-refractivity contribution in [1.82, 2.24) is 10.3 Å². The number of hydrogen-bond donors (Lipinski definition) is 2. The molecule has 84 valence electrons. The number of H-pyrrole nitrogens is 1. The van der Waals surface area contributed by atoms with Crippen LogP contribution in [0.25, 0.3) is 0 Å². The highest BCUT2D eigenvalue weighted by molar-refractivity contribution is 7.90. The molecule has 1 aliphatic heterocycles. The van der Waals surface area contributed by atoms with Gasteiger partial charge >= 0.3 is 0 Å². The van der Waals surface area contributed by atoms with E-state index < -0.39 is 9.84 Å². The van der Waals surface area contributed by atoms with Crippen molar-refractivity contribution < 1.29 is 8.42 Å². The molecular weight excluding hydrogens is 212 g/mol. The van der Waals surface area contributed by atoms with Gasteiger partial charge in [-0.3, -0.25) is 0 Å². The molecule has 0 atom stereocenters. The van der Waals surface area contributed by atoms with Crippen LogP contribution < -0.4 is 5.32 Å². The quantitative estimate of drug-likeness (QED) is 0.790. The molecule has 15 heavy (non-hydrogen) atoms. The average Bonchev–Trinajstić information content (AvgIpc) is 2.67. The Morgan fingerprint density at radius 3 is 2.47 bits per heavy atom. The van der Waals surface area contributed by atoms with Crippen molar-refractivity contribution in [2.75, 3.05) is 19.3 Å². The molecule has 4 nitrogen and oxygen atoms in total. The van der Waals surface area contributed by atoms with Crippen LogP contribution in [0.4, 0.5) is 0 Å². The first-order valence-corrected chi connectivity index (χ1v) is 7.06. The van der Waals surface area contributed by atoms with Crippen molar-refractivity contribution in [2.24, 2.45) is 0 Å². The molecular formula is C10H16N2O2S. The fraction of sp³-hybridized carbons (Fsp3) is 0.600. The zero-order valence-corrected chi connectivity index (χ0v) is 9.60. The minimum atomic E-state index is -3.09. The van der Waals surface area contributed by atoms with E-state index in [1.165, 1.54) is 6.26 Å². The highest BCUT2D eigenvalue weighted by Crippen LogP contribution is 2.25. The molecule has 1 aromatic rings. The van der Waals surface area contributed by atoms with Gasteiger partial charge in [-0.1, -0.05) is 0 Å². The fourth-order valence-corrected chi connectivity index (χ4v) is 2.60. The van der Waals surface area contributed by atoms with Gasteiger partial charge in [0.25, 0.3) is 0 Å². The lowest BCUT2D eigenvalue weighted by atomic mass is 9.95. The summed E-state index contributed by atoms with van der Waals surface area (Å²) in [5.74, 6) is 0.474. The average molecular weight is 228 g/mol. The molecule has 0 radical (unpaired) electrons. The topological polar surface area (TPSA) is 62.0 Å². The van der Waals surface area contributed by atoms with Crippen LogP contribution in [-0.4, -0.2) is 32.7 Å². The van der Waals surface area contributed by atoms with E-state index in [0.717, 1.165) is 31.6 Å². The van der Waals surface area contributed by atoms with Crippen LogP contribution in [0.2, 0.25) is 0 Å². The molecule has 0 bridgehead atoms. The summed E-state index contributed by atoms with van der Waals surface area (Å²) >= 11 is 0. The molecule has 1 fully saturated rings. The van der Waals surface area contributed by atoms with Crippen LogP contribution in [0.1, 0.15) is 24.5 Å². The third kappa shape index (κ3) is 2.41. The lowest BCUT2D eigenvalue weighted by Gasteiger charge is -2.21. The van der Waals surface area contributed by atoms with E-state index in [1.807, 2.05) is 6.07 Å². The summed E-state index contributed by atoms with van der Waals surface area (Å²) in [7, 11) is -3.09. The molecule has 5 heteroatoms. The van der Waals surface area contributed by atoms with Crippen molar-refractivity contribution in [3.63, 3.8) is 0 Å².